The monoisotopic (exact) mass is 429 g/mol. The van der Waals surface area contributed by atoms with Crippen molar-refractivity contribution in [2.24, 2.45) is 5.92 Å². The smallest absolute Gasteiger partial charge is 0.271 e. The van der Waals surface area contributed by atoms with Gasteiger partial charge in [0.2, 0.25) is 0 Å². The van der Waals surface area contributed by atoms with Gasteiger partial charge in [-0.2, -0.15) is 0 Å². The van der Waals surface area contributed by atoms with Crippen LogP contribution in [0.25, 0.3) is 0 Å². The van der Waals surface area contributed by atoms with Crippen molar-refractivity contribution in [1.29, 1.82) is 0 Å². The Morgan fingerprint density at radius 3 is 2.59 bits per heavy atom. The van der Waals surface area contributed by atoms with Crippen molar-refractivity contribution >= 4 is 45.4 Å². The molecule has 2 N–H and O–H groups in total. The van der Waals surface area contributed by atoms with Gasteiger partial charge in [0, 0.05) is 24.3 Å². The topological polar surface area (TPSA) is 78.5 Å². The number of amides is 1. The number of anilines is 1. The predicted octanol–water partition coefficient (Wildman–Crippen LogP) is 3.04. The van der Waals surface area contributed by atoms with Gasteiger partial charge in [0.15, 0.2) is 0 Å². The molecule has 3 rings (SSSR count). The summed E-state index contributed by atoms with van der Waals surface area (Å²) in [6.07, 6.45) is 1.97. The molecule has 2 aromatic rings. The van der Waals surface area contributed by atoms with Crippen molar-refractivity contribution in [3.8, 4) is 0 Å². The van der Waals surface area contributed by atoms with E-state index >= 15 is 0 Å². The van der Waals surface area contributed by atoms with Crippen LogP contribution in [0.15, 0.2) is 46.0 Å². The van der Waals surface area contributed by atoms with Gasteiger partial charge in [0.1, 0.15) is 4.21 Å². The van der Waals surface area contributed by atoms with E-state index in [0.29, 0.717) is 17.2 Å². The van der Waals surface area contributed by atoms with Crippen LogP contribution in [-0.4, -0.2) is 45.9 Å². The molecule has 6 nitrogen and oxygen atoms in total. The number of hydrogen-bond acceptors (Lipinski definition) is 5. The van der Waals surface area contributed by atoms with Crippen LogP contribution in [0.4, 0.5) is 5.69 Å². The summed E-state index contributed by atoms with van der Waals surface area (Å²) >= 11 is 1.16. The average Bonchev–Trinajstić information content (AvgIpc) is 3.18. The molecule has 0 saturated carbocycles. The molecule has 1 aliphatic heterocycles. The molecule has 0 unspecified atom stereocenters. The Labute approximate surface area is 170 Å². The minimum atomic E-state index is -3.61. The van der Waals surface area contributed by atoms with Gasteiger partial charge in [-0.25, -0.2) is 8.42 Å². The van der Waals surface area contributed by atoms with Gasteiger partial charge < -0.3 is 10.2 Å². The Morgan fingerprint density at radius 2 is 1.96 bits per heavy atom. The van der Waals surface area contributed by atoms with Crippen molar-refractivity contribution in [2.45, 2.75) is 17.1 Å². The largest absolute Gasteiger partial charge is 0.339 e. The maximum atomic E-state index is 12.7. The normalized spacial score (nSPS) is 15.2. The number of nitrogens with one attached hydrogen (secondary N) is 2. The highest BCUT2D eigenvalue weighted by Gasteiger charge is 2.23. The van der Waals surface area contributed by atoms with Gasteiger partial charge in [-0.1, -0.05) is 12.1 Å². The Bertz CT molecular complexity index is 848. The van der Waals surface area contributed by atoms with Gasteiger partial charge in [-0.15, -0.1) is 23.7 Å². The summed E-state index contributed by atoms with van der Waals surface area (Å²) in [6.45, 7) is 2.44. The van der Waals surface area contributed by atoms with Crippen LogP contribution in [0.2, 0.25) is 0 Å². The fraction of sp³-hybridized carbons (Fsp3) is 0.389. The molecule has 27 heavy (non-hydrogen) atoms. The lowest BCUT2D eigenvalue weighted by atomic mass is 9.96. The third-order valence-electron chi connectivity index (χ3n) is 4.52. The molecular weight excluding hydrogens is 406 g/mol. The predicted molar refractivity (Wildman–Crippen MR) is 111 cm³/mol. The summed E-state index contributed by atoms with van der Waals surface area (Å²) in [5.41, 5.74) is 0.901. The summed E-state index contributed by atoms with van der Waals surface area (Å²) in [5, 5.41) is 4.90. The minimum absolute atomic E-state index is 0. The summed E-state index contributed by atoms with van der Waals surface area (Å²) in [7, 11) is -1.67. The van der Waals surface area contributed by atoms with Crippen LogP contribution in [0.1, 0.15) is 23.2 Å². The second-order valence-electron chi connectivity index (χ2n) is 6.41. The number of carbonyl (C=O) groups excluding carboxylic acids is 1. The zero-order valence-corrected chi connectivity index (χ0v) is 17.5. The summed E-state index contributed by atoms with van der Waals surface area (Å²) in [4.78, 5) is 14.6. The van der Waals surface area contributed by atoms with Crippen LogP contribution in [0, 0.1) is 5.92 Å². The molecule has 1 fully saturated rings. The van der Waals surface area contributed by atoms with Crippen LogP contribution < -0.4 is 10.0 Å². The lowest BCUT2D eigenvalue weighted by Gasteiger charge is -2.32. The van der Waals surface area contributed by atoms with E-state index in [0.717, 1.165) is 43.8 Å². The third-order valence-corrected chi connectivity index (χ3v) is 7.29. The van der Waals surface area contributed by atoms with Crippen LogP contribution in [-0.2, 0) is 10.0 Å². The number of sulfonamides is 1. The van der Waals surface area contributed by atoms with Crippen LogP contribution >= 0.6 is 23.7 Å². The third kappa shape index (κ3) is 5.44. The first-order valence-corrected chi connectivity index (χ1v) is 11.0. The van der Waals surface area contributed by atoms with Gasteiger partial charge in [0.25, 0.3) is 15.9 Å². The second kappa shape index (κ2) is 9.54. The van der Waals surface area contributed by atoms with Crippen molar-refractivity contribution in [2.75, 3.05) is 31.4 Å². The molecule has 0 radical (unpaired) electrons. The molecule has 1 amide bonds. The molecular formula is C18H24ClN3O3S2. The maximum Gasteiger partial charge on any atom is 0.271 e. The molecule has 9 heteroatoms. The summed E-state index contributed by atoms with van der Waals surface area (Å²) in [5.74, 6) is 0.554. The first kappa shape index (κ1) is 21.7. The van der Waals surface area contributed by atoms with E-state index in [2.05, 4.69) is 10.0 Å². The molecule has 0 atom stereocenters. The molecule has 1 aliphatic rings. The highest BCUT2D eigenvalue weighted by molar-refractivity contribution is 7.94. The molecule has 1 saturated heterocycles. The fourth-order valence-corrected chi connectivity index (χ4v) is 5.19. The zero-order chi connectivity index (χ0) is 18.6. The Hall–Kier alpha value is -1.61. The Kier molecular flexibility index (Phi) is 7.67. The van der Waals surface area contributed by atoms with Crippen molar-refractivity contribution in [3.05, 3.63) is 47.3 Å². The van der Waals surface area contributed by atoms with Gasteiger partial charge >= 0.3 is 0 Å². The first-order valence-electron chi connectivity index (χ1n) is 8.60. The molecule has 148 valence electrons. The number of halogens is 1. The highest BCUT2D eigenvalue weighted by Crippen LogP contribution is 2.23. The standard InChI is InChI=1S/C18H23N3O3S2.ClH/c1-19-13-14-7-9-21(10-8-14)18(22)15-4-2-5-16(12-15)20-26(23,24)17-6-3-11-25-17;/h2-6,11-12,14,19-20H,7-10,13H2,1H3;1H. The fourth-order valence-electron chi connectivity index (χ4n) is 3.15. The van der Waals surface area contributed by atoms with Gasteiger partial charge in [-0.05, 0) is 62.0 Å². The number of piperidine rings is 1. The zero-order valence-electron chi connectivity index (χ0n) is 15.1. The molecule has 0 spiro atoms. The van der Waals surface area contributed by atoms with E-state index in [9.17, 15) is 13.2 Å². The van der Waals surface area contributed by atoms with E-state index in [-0.39, 0.29) is 22.5 Å². The first-order chi connectivity index (χ1) is 12.5. The minimum Gasteiger partial charge on any atom is -0.339 e. The number of benzene rings is 1. The van der Waals surface area contributed by atoms with Gasteiger partial charge in [-0.3, -0.25) is 9.52 Å². The van der Waals surface area contributed by atoms with E-state index in [1.807, 2.05) is 11.9 Å². The SMILES string of the molecule is CNCC1CCN(C(=O)c2cccc(NS(=O)(=O)c3cccs3)c2)CC1.Cl. The van der Waals surface area contributed by atoms with Crippen molar-refractivity contribution in [1.82, 2.24) is 10.2 Å². The number of hydrogen-bond donors (Lipinski definition) is 2. The van der Waals surface area contributed by atoms with Crippen molar-refractivity contribution < 1.29 is 13.2 Å². The quantitative estimate of drug-likeness (QED) is 0.739. The number of nitrogens with zero attached hydrogens (tertiary/aromatic N) is 1. The summed E-state index contributed by atoms with van der Waals surface area (Å²) < 4.78 is 27.5. The maximum absolute atomic E-state index is 12.7. The number of thiophene rings is 1. The van der Waals surface area contributed by atoms with Gasteiger partial charge in [0.05, 0.1) is 0 Å². The average molecular weight is 430 g/mol. The summed E-state index contributed by atoms with van der Waals surface area (Å²) in [6, 6.07) is 9.93. The van der Waals surface area contributed by atoms with E-state index in [4.69, 9.17) is 0 Å². The number of likely N-dealkylation sites (tertiary alicyclic amines) is 1. The molecule has 0 bridgehead atoms. The highest BCUT2D eigenvalue weighted by atomic mass is 35.5. The van der Waals surface area contributed by atoms with Crippen molar-refractivity contribution in [3.63, 3.8) is 0 Å². The van der Waals surface area contributed by atoms with E-state index < -0.39 is 10.0 Å². The second-order valence-corrected chi connectivity index (χ2v) is 9.27. The van der Waals surface area contributed by atoms with Crippen LogP contribution in [0.5, 0.6) is 0 Å². The molecule has 1 aromatic heterocycles. The molecule has 0 aliphatic carbocycles. The number of carbonyl (C=O) groups is 1. The van der Waals surface area contributed by atoms with E-state index in [1.165, 1.54) is 0 Å². The molecule has 2 heterocycles. The lowest BCUT2D eigenvalue weighted by molar-refractivity contribution is 0.0691. The number of rotatable bonds is 6. The lowest BCUT2D eigenvalue weighted by Crippen LogP contribution is -2.40. The Morgan fingerprint density at radius 1 is 1.22 bits per heavy atom. The Balaban J connectivity index is 0.00000261. The van der Waals surface area contributed by atoms with Crippen LogP contribution in [0.3, 0.4) is 0 Å². The molecule has 1 aromatic carbocycles. The van der Waals surface area contributed by atoms with E-state index in [1.54, 1.807) is 41.8 Å².